The monoisotopic (exact) mass is 378 g/mol. The molecule has 2 heterocycles. The lowest BCUT2D eigenvalue weighted by atomic mass is 10.2. The van der Waals surface area contributed by atoms with Crippen LogP contribution in [0, 0.1) is 5.82 Å². The molecule has 2 aromatic rings. The summed E-state index contributed by atoms with van der Waals surface area (Å²) in [7, 11) is 0. The van der Waals surface area contributed by atoms with Gasteiger partial charge in [0, 0.05) is 24.4 Å². The number of hydrogen-bond donors (Lipinski definition) is 1. The highest BCUT2D eigenvalue weighted by molar-refractivity contribution is 8.01. The van der Waals surface area contributed by atoms with Gasteiger partial charge in [0.25, 0.3) is 0 Å². The zero-order valence-electron chi connectivity index (χ0n) is 13.8. The van der Waals surface area contributed by atoms with Crippen molar-refractivity contribution in [3.05, 3.63) is 58.0 Å². The summed E-state index contributed by atoms with van der Waals surface area (Å²) in [6.07, 6.45) is 0.252. The second-order valence-electron chi connectivity index (χ2n) is 5.83. The summed E-state index contributed by atoms with van der Waals surface area (Å²) in [6.45, 7) is 2.66. The van der Waals surface area contributed by atoms with E-state index in [1.165, 1.54) is 12.1 Å². The number of nitrogens with zero attached hydrogens (tertiary/aromatic N) is 1. The Bertz CT molecular complexity index is 734. The number of hydrogen-bond acceptors (Lipinski definition) is 4. The maximum Gasteiger partial charge on any atom is 0.236 e. The molecule has 0 radical (unpaired) electrons. The Labute approximate surface area is 154 Å². The molecule has 1 aliphatic heterocycles. The molecule has 1 aromatic carbocycles. The fraction of sp³-hybridized carbons (Fsp3) is 0.333. The van der Waals surface area contributed by atoms with Crippen molar-refractivity contribution in [2.24, 2.45) is 0 Å². The zero-order valence-corrected chi connectivity index (χ0v) is 15.4. The lowest BCUT2D eigenvalue weighted by Crippen LogP contribution is -2.34. The molecule has 1 saturated heterocycles. The van der Waals surface area contributed by atoms with E-state index >= 15 is 0 Å². The van der Waals surface area contributed by atoms with E-state index in [0.717, 1.165) is 10.4 Å². The Morgan fingerprint density at radius 1 is 1.28 bits per heavy atom. The molecule has 1 fully saturated rings. The summed E-state index contributed by atoms with van der Waals surface area (Å²) in [5, 5.41) is 4.72. The van der Waals surface area contributed by atoms with Crippen molar-refractivity contribution >= 4 is 34.9 Å². The van der Waals surface area contributed by atoms with Gasteiger partial charge in [-0.1, -0.05) is 18.2 Å². The number of amides is 2. The molecule has 1 N–H and O–H groups in total. The first-order chi connectivity index (χ1) is 12.0. The number of rotatable bonds is 6. The standard InChI is InChI=1S/C18H19FN2O2S2/c1-12-17(23)21(18(25-12)15-3-2-10-24-15)9-8-16(22)20-11-13-4-6-14(19)7-5-13/h2-7,10,12,18H,8-9,11H2,1H3,(H,20,22). The largest absolute Gasteiger partial charge is 0.352 e. The van der Waals surface area contributed by atoms with Crippen molar-refractivity contribution in [1.29, 1.82) is 0 Å². The van der Waals surface area contributed by atoms with Crippen LogP contribution in [0.1, 0.15) is 29.2 Å². The Hall–Kier alpha value is -1.86. The van der Waals surface area contributed by atoms with Gasteiger partial charge in [-0.25, -0.2) is 4.39 Å². The number of nitrogens with one attached hydrogen (secondary N) is 1. The van der Waals surface area contributed by atoms with Crippen LogP contribution in [0.15, 0.2) is 41.8 Å². The minimum atomic E-state index is -0.297. The van der Waals surface area contributed by atoms with Crippen LogP contribution >= 0.6 is 23.1 Å². The number of thioether (sulfide) groups is 1. The van der Waals surface area contributed by atoms with E-state index in [0.29, 0.717) is 13.1 Å². The molecule has 0 bridgehead atoms. The minimum absolute atomic E-state index is 0.00704. The van der Waals surface area contributed by atoms with Gasteiger partial charge >= 0.3 is 0 Å². The van der Waals surface area contributed by atoms with E-state index in [4.69, 9.17) is 0 Å². The van der Waals surface area contributed by atoms with Crippen molar-refractivity contribution in [3.63, 3.8) is 0 Å². The van der Waals surface area contributed by atoms with Crippen LogP contribution in [0.4, 0.5) is 4.39 Å². The highest BCUT2D eigenvalue weighted by atomic mass is 32.2. The lowest BCUT2D eigenvalue weighted by molar-refractivity contribution is -0.130. The predicted molar refractivity (Wildman–Crippen MR) is 98.7 cm³/mol. The Balaban J connectivity index is 1.53. The van der Waals surface area contributed by atoms with Crippen molar-refractivity contribution < 1.29 is 14.0 Å². The van der Waals surface area contributed by atoms with Crippen LogP contribution in [0.3, 0.4) is 0 Å². The fourth-order valence-electron chi connectivity index (χ4n) is 2.67. The van der Waals surface area contributed by atoms with Gasteiger partial charge in [0.05, 0.1) is 5.25 Å². The molecule has 0 aliphatic carbocycles. The zero-order chi connectivity index (χ0) is 17.8. The molecule has 7 heteroatoms. The fourth-order valence-corrected chi connectivity index (χ4v) is 4.92. The van der Waals surface area contributed by atoms with Gasteiger partial charge in [0.2, 0.25) is 11.8 Å². The molecule has 1 aliphatic rings. The van der Waals surface area contributed by atoms with E-state index in [-0.39, 0.29) is 34.7 Å². The number of carbonyl (C=O) groups excluding carboxylic acids is 2. The Morgan fingerprint density at radius 2 is 2.04 bits per heavy atom. The van der Waals surface area contributed by atoms with Crippen LogP contribution in [0.25, 0.3) is 0 Å². The first kappa shape index (κ1) is 17.9. The predicted octanol–water partition coefficient (Wildman–Crippen LogP) is 3.56. The second-order valence-corrected chi connectivity index (χ2v) is 8.24. The van der Waals surface area contributed by atoms with Gasteiger partial charge < -0.3 is 10.2 Å². The summed E-state index contributed by atoms with van der Waals surface area (Å²) in [5.41, 5.74) is 0.840. The summed E-state index contributed by atoms with van der Waals surface area (Å²) in [5.74, 6) is -0.338. The molecule has 2 unspecified atom stereocenters. The third-order valence-corrected chi connectivity index (χ3v) is 6.47. The summed E-state index contributed by atoms with van der Waals surface area (Å²) in [4.78, 5) is 27.4. The van der Waals surface area contributed by atoms with Gasteiger partial charge in [-0.3, -0.25) is 9.59 Å². The molecular weight excluding hydrogens is 359 g/mol. The van der Waals surface area contributed by atoms with Crippen molar-refractivity contribution in [2.75, 3.05) is 6.54 Å². The topological polar surface area (TPSA) is 49.4 Å². The summed E-state index contributed by atoms with van der Waals surface area (Å²) < 4.78 is 12.9. The Morgan fingerprint density at radius 3 is 2.72 bits per heavy atom. The molecule has 1 aromatic heterocycles. The number of halogens is 1. The maximum atomic E-state index is 12.9. The Kier molecular flexibility index (Phi) is 5.75. The van der Waals surface area contributed by atoms with Crippen molar-refractivity contribution in [3.8, 4) is 0 Å². The quantitative estimate of drug-likeness (QED) is 0.836. The van der Waals surface area contributed by atoms with E-state index in [9.17, 15) is 14.0 Å². The molecule has 2 atom stereocenters. The molecule has 0 saturated carbocycles. The first-order valence-electron chi connectivity index (χ1n) is 8.05. The molecule has 0 spiro atoms. The molecule has 25 heavy (non-hydrogen) atoms. The van der Waals surface area contributed by atoms with Crippen molar-refractivity contribution in [2.45, 2.75) is 30.5 Å². The highest BCUT2D eigenvalue weighted by Crippen LogP contribution is 2.44. The van der Waals surface area contributed by atoms with E-state index < -0.39 is 0 Å². The average molecular weight is 378 g/mol. The molecular formula is C18H19FN2O2S2. The lowest BCUT2D eigenvalue weighted by Gasteiger charge is -2.22. The molecule has 3 rings (SSSR count). The highest BCUT2D eigenvalue weighted by Gasteiger charge is 2.38. The normalized spacial score (nSPS) is 20.1. The van der Waals surface area contributed by atoms with Gasteiger partial charge in [-0.05, 0) is 36.1 Å². The second kappa shape index (κ2) is 8.01. The smallest absolute Gasteiger partial charge is 0.236 e. The van der Waals surface area contributed by atoms with Crippen LogP contribution in [-0.2, 0) is 16.1 Å². The van der Waals surface area contributed by atoms with Crippen LogP contribution in [0.5, 0.6) is 0 Å². The average Bonchev–Trinajstić information content (AvgIpc) is 3.22. The maximum absolute atomic E-state index is 12.9. The van der Waals surface area contributed by atoms with E-state index in [1.54, 1.807) is 40.1 Å². The summed E-state index contributed by atoms with van der Waals surface area (Å²) in [6, 6.07) is 10.0. The van der Waals surface area contributed by atoms with Crippen LogP contribution < -0.4 is 5.32 Å². The van der Waals surface area contributed by atoms with Crippen molar-refractivity contribution in [1.82, 2.24) is 10.2 Å². The van der Waals surface area contributed by atoms with Crippen LogP contribution in [-0.4, -0.2) is 28.5 Å². The number of thiophene rings is 1. The minimum Gasteiger partial charge on any atom is -0.352 e. The van der Waals surface area contributed by atoms with Gasteiger partial charge in [0.1, 0.15) is 11.2 Å². The first-order valence-corrected chi connectivity index (χ1v) is 9.87. The molecule has 4 nitrogen and oxygen atoms in total. The van der Waals surface area contributed by atoms with Gasteiger partial charge in [-0.2, -0.15) is 0 Å². The summed E-state index contributed by atoms with van der Waals surface area (Å²) >= 11 is 3.25. The van der Waals surface area contributed by atoms with E-state index in [1.807, 2.05) is 24.4 Å². The number of carbonyl (C=O) groups is 2. The van der Waals surface area contributed by atoms with E-state index in [2.05, 4.69) is 5.32 Å². The molecule has 132 valence electrons. The van der Waals surface area contributed by atoms with Gasteiger partial charge in [-0.15, -0.1) is 23.1 Å². The number of benzene rings is 1. The molecule has 2 amide bonds. The van der Waals surface area contributed by atoms with Gasteiger partial charge in [0.15, 0.2) is 0 Å². The SMILES string of the molecule is CC1SC(c2cccs2)N(CCC(=O)NCc2ccc(F)cc2)C1=O. The van der Waals surface area contributed by atoms with Crippen LogP contribution in [0.2, 0.25) is 0 Å². The third-order valence-electron chi connectivity index (χ3n) is 4.02. The third kappa shape index (κ3) is 4.41.